The minimum Gasteiger partial charge on any atom is -0.348 e. The van der Waals surface area contributed by atoms with Gasteiger partial charge in [-0.3, -0.25) is 4.79 Å². The number of aryl methyl sites for hydroxylation is 1. The average molecular weight is 366 g/mol. The lowest BCUT2D eigenvalue weighted by Gasteiger charge is -2.22. The highest BCUT2D eigenvalue weighted by atomic mass is 19.1. The maximum atomic E-state index is 13.5. The summed E-state index contributed by atoms with van der Waals surface area (Å²) in [6.07, 6.45) is 9.53. The van der Waals surface area contributed by atoms with E-state index in [-0.39, 0.29) is 11.9 Å². The zero-order valence-corrected chi connectivity index (χ0v) is 15.4. The van der Waals surface area contributed by atoms with Gasteiger partial charge >= 0.3 is 0 Å². The standard InChI is InChI=1S/C21H23FN4O/c1-26-10-8-17-15(11-14-7-9-23-19(22)12-14)13-18(25-20(17)26)21(27)24-16-5-3-2-4-6-16/h7-10,12-13,16H,2-6,11H2,1H3,(H,24,27). The Balaban J connectivity index is 1.67. The number of nitrogens with zero attached hydrogens (tertiary/aromatic N) is 3. The third-order valence-electron chi connectivity index (χ3n) is 5.28. The highest BCUT2D eigenvalue weighted by Crippen LogP contribution is 2.23. The monoisotopic (exact) mass is 366 g/mol. The first kappa shape index (κ1) is 17.6. The van der Waals surface area contributed by atoms with E-state index in [1.165, 1.54) is 18.7 Å². The SMILES string of the molecule is Cn1ccc2c(Cc3ccnc(F)c3)cc(C(=O)NC3CCCCC3)nc21. The third-order valence-corrected chi connectivity index (χ3v) is 5.28. The second-order valence-electron chi connectivity index (χ2n) is 7.30. The summed E-state index contributed by atoms with van der Waals surface area (Å²) in [6, 6.07) is 7.27. The fraction of sp³-hybridized carbons (Fsp3) is 0.381. The molecule has 0 aliphatic heterocycles. The maximum absolute atomic E-state index is 13.5. The molecule has 1 aliphatic carbocycles. The number of nitrogens with one attached hydrogen (secondary N) is 1. The summed E-state index contributed by atoms with van der Waals surface area (Å²) in [5, 5.41) is 4.11. The number of halogens is 1. The first-order valence-electron chi connectivity index (χ1n) is 9.46. The minimum absolute atomic E-state index is 0.132. The Hall–Kier alpha value is -2.76. The number of fused-ring (bicyclic) bond motifs is 1. The number of rotatable bonds is 4. The molecular formula is C21H23FN4O. The molecule has 6 heteroatoms. The zero-order chi connectivity index (χ0) is 18.8. The van der Waals surface area contributed by atoms with Crippen LogP contribution in [0.4, 0.5) is 4.39 Å². The van der Waals surface area contributed by atoms with Crippen LogP contribution in [0.2, 0.25) is 0 Å². The van der Waals surface area contributed by atoms with Crippen LogP contribution in [0, 0.1) is 5.95 Å². The van der Waals surface area contributed by atoms with Crippen molar-refractivity contribution in [3.63, 3.8) is 0 Å². The van der Waals surface area contributed by atoms with E-state index >= 15 is 0 Å². The van der Waals surface area contributed by atoms with Gasteiger partial charge in [-0.1, -0.05) is 19.3 Å². The van der Waals surface area contributed by atoms with Gasteiger partial charge in [-0.05, 0) is 54.7 Å². The van der Waals surface area contributed by atoms with Gasteiger partial charge < -0.3 is 9.88 Å². The predicted molar refractivity (Wildman–Crippen MR) is 102 cm³/mol. The molecule has 27 heavy (non-hydrogen) atoms. The molecule has 4 rings (SSSR count). The topological polar surface area (TPSA) is 59.8 Å². The molecule has 0 aromatic carbocycles. The van der Waals surface area contributed by atoms with Gasteiger partial charge in [0.1, 0.15) is 11.3 Å². The molecule has 0 atom stereocenters. The fourth-order valence-corrected chi connectivity index (χ4v) is 3.84. The van der Waals surface area contributed by atoms with Crippen molar-refractivity contribution in [2.45, 2.75) is 44.6 Å². The normalized spacial score (nSPS) is 15.2. The van der Waals surface area contributed by atoms with Crippen molar-refractivity contribution in [3.8, 4) is 0 Å². The summed E-state index contributed by atoms with van der Waals surface area (Å²) in [7, 11) is 1.91. The van der Waals surface area contributed by atoms with E-state index in [4.69, 9.17) is 0 Å². The first-order valence-corrected chi connectivity index (χ1v) is 9.46. The van der Waals surface area contributed by atoms with Crippen LogP contribution in [0.3, 0.4) is 0 Å². The molecule has 1 saturated carbocycles. The molecular weight excluding hydrogens is 343 g/mol. The summed E-state index contributed by atoms with van der Waals surface area (Å²) in [6.45, 7) is 0. The molecule has 3 aromatic heterocycles. The van der Waals surface area contributed by atoms with E-state index in [1.54, 1.807) is 6.07 Å². The van der Waals surface area contributed by atoms with Gasteiger partial charge in [-0.2, -0.15) is 4.39 Å². The van der Waals surface area contributed by atoms with Crippen LogP contribution >= 0.6 is 0 Å². The van der Waals surface area contributed by atoms with E-state index < -0.39 is 5.95 Å². The molecule has 3 aromatic rings. The summed E-state index contributed by atoms with van der Waals surface area (Å²) in [5.41, 5.74) is 2.95. The van der Waals surface area contributed by atoms with E-state index in [0.717, 1.165) is 47.8 Å². The molecule has 1 amide bonds. The second kappa shape index (κ2) is 7.47. The van der Waals surface area contributed by atoms with Gasteiger partial charge in [0, 0.05) is 30.9 Å². The van der Waals surface area contributed by atoms with Crippen LogP contribution in [0.15, 0.2) is 36.7 Å². The molecule has 1 fully saturated rings. The fourth-order valence-electron chi connectivity index (χ4n) is 3.84. The van der Waals surface area contributed by atoms with Crippen LogP contribution in [-0.2, 0) is 13.5 Å². The molecule has 0 unspecified atom stereocenters. The van der Waals surface area contributed by atoms with Crippen molar-refractivity contribution in [1.29, 1.82) is 0 Å². The summed E-state index contributed by atoms with van der Waals surface area (Å²) in [5.74, 6) is -0.631. The van der Waals surface area contributed by atoms with Crippen molar-refractivity contribution < 1.29 is 9.18 Å². The van der Waals surface area contributed by atoms with Crippen LogP contribution < -0.4 is 5.32 Å². The van der Waals surface area contributed by atoms with Gasteiger partial charge in [0.2, 0.25) is 5.95 Å². The minimum atomic E-state index is -0.499. The zero-order valence-electron chi connectivity index (χ0n) is 15.4. The maximum Gasteiger partial charge on any atom is 0.270 e. The number of aromatic nitrogens is 3. The predicted octanol–water partition coefficient (Wildman–Crippen LogP) is 3.76. The molecule has 5 nitrogen and oxygen atoms in total. The summed E-state index contributed by atoms with van der Waals surface area (Å²) < 4.78 is 15.4. The Morgan fingerprint density at radius 3 is 2.85 bits per heavy atom. The Morgan fingerprint density at radius 2 is 2.07 bits per heavy atom. The summed E-state index contributed by atoms with van der Waals surface area (Å²) in [4.78, 5) is 21.0. The van der Waals surface area contributed by atoms with E-state index in [1.807, 2.05) is 29.9 Å². The van der Waals surface area contributed by atoms with Crippen LogP contribution in [-0.4, -0.2) is 26.5 Å². The number of carbonyl (C=O) groups is 1. The number of carbonyl (C=O) groups excluding carboxylic acids is 1. The molecule has 3 heterocycles. The lowest BCUT2D eigenvalue weighted by molar-refractivity contribution is 0.0923. The molecule has 1 N–H and O–H groups in total. The smallest absolute Gasteiger partial charge is 0.270 e. The highest BCUT2D eigenvalue weighted by Gasteiger charge is 2.19. The van der Waals surface area contributed by atoms with Crippen molar-refractivity contribution in [2.24, 2.45) is 7.05 Å². The Labute approximate surface area is 157 Å². The van der Waals surface area contributed by atoms with Crippen molar-refractivity contribution in [1.82, 2.24) is 19.9 Å². The largest absolute Gasteiger partial charge is 0.348 e. The first-order chi connectivity index (χ1) is 13.1. The van der Waals surface area contributed by atoms with Gasteiger partial charge in [0.15, 0.2) is 0 Å². The highest BCUT2D eigenvalue weighted by molar-refractivity contribution is 5.95. The van der Waals surface area contributed by atoms with Gasteiger partial charge in [-0.25, -0.2) is 9.97 Å². The molecule has 0 bridgehead atoms. The number of amides is 1. The lowest BCUT2D eigenvalue weighted by Crippen LogP contribution is -2.36. The lowest BCUT2D eigenvalue weighted by atomic mass is 9.95. The Bertz CT molecular complexity index is 975. The molecule has 0 spiro atoms. The molecule has 1 aliphatic rings. The van der Waals surface area contributed by atoms with Crippen LogP contribution in [0.1, 0.15) is 53.7 Å². The number of pyridine rings is 2. The molecule has 0 radical (unpaired) electrons. The second-order valence-corrected chi connectivity index (χ2v) is 7.30. The quantitative estimate of drug-likeness (QED) is 0.715. The van der Waals surface area contributed by atoms with E-state index in [0.29, 0.717) is 12.1 Å². The molecule has 0 saturated heterocycles. The van der Waals surface area contributed by atoms with Crippen LogP contribution in [0.25, 0.3) is 11.0 Å². The van der Waals surface area contributed by atoms with Gasteiger partial charge in [-0.15, -0.1) is 0 Å². The third kappa shape index (κ3) is 3.84. The van der Waals surface area contributed by atoms with Gasteiger partial charge in [0.25, 0.3) is 5.91 Å². The van der Waals surface area contributed by atoms with Crippen LogP contribution in [0.5, 0.6) is 0 Å². The average Bonchev–Trinajstić information content (AvgIpc) is 3.04. The summed E-state index contributed by atoms with van der Waals surface area (Å²) >= 11 is 0. The van der Waals surface area contributed by atoms with E-state index in [2.05, 4.69) is 15.3 Å². The Morgan fingerprint density at radius 1 is 1.26 bits per heavy atom. The van der Waals surface area contributed by atoms with Crippen molar-refractivity contribution >= 4 is 16.9 Å². The van der Waals surface area contributed by atoms with Crippen molar-refractivity contribution in [2.75, 3.05) is 0 Å². The van der Waals surface area contributed by atoms with Gasteiger partial charge in [0.05, 0.1) is 0 Å². The van der Waals surface area contributed by atoms with Crippen molar-refractivity contribution in [3.05, 3.63) is 59.4 Å². The van der Waals surface area contributed by atoms with E-state index in [9.17, 15) is 9.18 Å². The number of hydrogen-bond donors (Lipinski definition) is 1. The Kier molecular flexibility index (Phi) is 4.88. The number of hydrogen-bond acceptors (Lipinski definition) is 3. The molecule has 140 valence electrons.